The summed E-state index contributed by atoms with van der Waals surface area (Å²) in [6.45, 7) is 0. The smallest absolute Gasteiger partial charge is 0.163 e. The standard InChI is InChI=1S/C27H19N3/c1-3-9-20(10-4-1)22-13-7-15-24(17-22)26-28-19-29-27(30-26)25-16-8-14-23(18-25)21-11-5-2-6-12-21/h1-19H/i1D,2D,3D,4D,5D,6D,9D,10D,11D,12D. The largest absolute Gasteiger partial charge is 0.217 e. The summed E-state index contributed by atoms with van der Waals surface area (Å²) in [7, 11) is 0. The zero-order valence-electron chi connectivity index (χ0n) is 25.5. The highest BCUT2D eigenvalue weighted by Gasteiger charge is 2.08. The molecule has 0 aliphatic rings. The molecule has 0 saturated carbocycles. The molecule has 1 heterocycles. The SMILES string of the molecule is [2H]c1c([2H])c([2H])c(-c2cccc(-c3ncnc(-c4cccc(-c5c([2H])c([2H])c([2H])c([2H])c5[2H])c4)n3)c2)c([2H])c1[2H]. The van der Waals surface area contributed by atoms with Gasteiger partial charge in [0.1, 0.15) is 6.33 Å². The van der Waals surface area contributed by atoms with Gasteiger partial charge in [-0.15, -0.1) is 0 Å². The summed E-state index contributed by atoms with van der Waals surface area (Å²) in [5.41, 5.74) is 1.98. The molecule has 3 nitrogen and oxygen atoms in total. The summed E-state index contributed by atoms with van der Waals surface area (Å²) in [6, 6.07) is 9.44. The first-order valence-electron chi connectivity index (χ1n) is 14.1. The molecule has 0 unspecified atom stereocenters. The quantitative estimate of drug-likeness (QED) is 0.347. The van der Waals surface area contributed by atoms with E-state index in [0.29, 0.717) is 22.3 Å². The predicted octanol–water partition coefficient (Wildman–Crippen LogP) is 6.54. The summed E-state index contributed by atoms with van der Waals surface area (Å²) in [5.74, 6) is 0.542. The van der Waals surface area contributed by atoms with Crippen molar-refractivity contribution in [2.24, 2.45) is 0 Å². The molecule has 0 amide bonds. The van der Waals surface area contributed by atoms with Crippen LogP contribution in [-0.4, -0.2) is 15.0 Å². The minimum atomic E-state index is -0.470. The fourth-order valence-corrected chi connectivity index (χ4v) is 2.99. The Kier molecular flexibility index (Phi) is 2.72. The highest BCUT2D eigenvalue weighted by Crippen LogP contribution is 2.27. The number of hydrogen-bond donors (Lipinski definition) is 0. The van der Waals surface area contributed by atoms with E-state index < -0.39 is 36.3 Å². The first-order chi connectivity index (χ1) is 19.0. The molecule has 1 aromatic heterocycles. The third-order valence-electron chi connectivity index (χ3n) is 4.39. The Bertz CT molecular complexity index is 1640. The third kappa shape index (κ3) is 3.74. The van der Waals surface area contributed by atoms with Crippen molar-refractivity contribution in [1.29, 1.82) is 0 Å². The molecule has 3 heteroatoms. The van der Waals surface area contributed by atoms with Crippen LogP contribution in [0.1, 0.15) is 13.7 Å². The molecule has 142 valence electrons. The second kappa shape index (κ2) is 8.10. The van der Waals surface area contributed by atoms with Gasteiger partial charge in [0.15, 0.2) is 11.6 Å². The van der Waals surface area contributed by atoms with E-state index in [0.717, 1.165) is 0 Å². The Balaban J connectivity index is 1.58. The van der Waals surface area contributed by atoms with Crippen LogP contribution in [0.3, 0.4) is 0 Å². The van der Waals surface area contributed by atoms with Gasteiger partial charge in [0.05, 0.1) is 13.7 Å². The number of nitrogens with zero attached hydrogens (tertiary/aromatic N) is 3. The molecule has 4 aromatic carbocycles. The van der Waals surface area contributed by atoms with Crippen molar-refractivity contribution in [2.75, 3.05) is 0 Å². The Morgan fingerprint density at radius 1 is 0.500 bits per heavy atom. The Hall–Kier alpha value is -4.11. The van der Waals surface area contributed by atoms with Gasteiger partial charge in [-0.05, 0) is 34.4 Å². The monoisotopic (exact) mass is 395 g/mol. The van der Waals surface area contributed by atoms with Crippen LogP contribution in [-0.2, 0) is 0 Å². The number of rotatable bonds is 4. The fraction of sp³-hybridized carbons (Fsp3) is 0. The van der Waals surface area contributed by atoms with E-state index in [1.807, 2.05) is 0 Å². The Morgan fingerprint density at radius 2 is 0.933 bits per heavy atom. The van der Waals surface area contributed by atoms with Crippen molar-refractivity contribution >= 4 is 0 Å². The van der Waals surface area contributed by atoms with Gasteiger partial charge in [-0.25, -0.2) is 15.0 Å². The molecule has 0 spiro atoms. The van der Waals surface area contributed by atoms with Gasteiger partial charge >= 0.3 is 0 Å². The molecule has 0 N–H and O–H groups in total. The normalized spacial score (nSPS) is 15.3. The van der Waals surface area contributed by atoms with E-state index in [1.54, 1.807) is 48.5 Å². The van der Waals surface area contributed by atoms with Crippen LogP contribution in [0.15, 0.2) is 115 Å². The molecule has 30 heavy (non-hydrogen) atoms. The van der Waals surface area contributed by atoms with E-state index >= 15 is 0 Å². The summed E-state index contributed by atoms with van der Waals surface area (Å²) in [5, 5.41) is 0. The molecule has 0 radical (unpaired) electrons. The summed E-state index contributed by atoms with van der Waals surface area (Å²) >= 11 is 0. The number of aromatic nitrogens is 3. The molecule has 5 rings (SSSR count). The predicted molar refractivity (Wildman–Crippen MR) is 122 cm³/mol. The molecule has 0 bridgehead atoms. The van der Waals surface area contributed by atoms with Crippen LogP contribution in [0.2, 0.25) is 0 Å². The first kappa shape index (κ1) is 10.1. The van der Waals surface area contributed by atoms with Gasteiger partial charge in [-0.3, -0.25) is 0 Å². The first-order valence-corrected chi connectivity index (χ1v) is 9.05. The van der Waals surface area contributed by atoms with Crippen LogP contribution in [0.5, 0.6) is 0 Å². The lowest BCUT2D eigenvalue weighted by molar-refractivity contribution is 1.07. The van der Waals surface area contributed by atoms with E-state index in [-0.39, 0.29) is 46.9 Å². The molecular weight excluding hydrogens is 366 g/mol. The average molecular weight is 396 g/mol. The van der Waals surface area contributed by atoms with E-state index in [4.69, 9.17) is 13.7 Å². The van der Waals surface area contributed by atoms with Crippen LogP contribution >= 0.6 is 0 Å². The van der Waals surface area contributed by atoms with Gasteiger partial charge in [0.2, 0.25) is 0 Å². The molecule has 0 atom stereocenters. The molecule has 0 aliphatic heterocycles. The molecular formula is C27H19N3. The average Bonchev–Trinajstić information content (AvgIpc) is 2.97. The Labute approximate surface area is 189 Å². The van der Waals surface area contributed by atoms with Crippen LogP contribution < -0.4 is 0 Å². The van der Waals surface area contributed by atoms with Gasteiger partial charge in [-0.2, -0.15) is 0 Å². The maximum Gasteiger partial charge on any atom is 0.163 e. The van der Waals surface area contributed by atoms with Crippen molar-refractivity contribution in [3.63, 3.8) is 0 Å². The van der Waals surface area contributed by atoms with Crippen LogP contribution in [0.25, 0.3) is 45.0 Å². The van der Waals surface area contributed by atoms with Crippen molar-refractivity contribution in [3.05, 3.63) is 115 Å². The van der Waals surface area contributed by atoms with Crippen molar-refractivity contribution in [2.45, 2.75) is 0 Å². The van der Waals surface area contributed by atoms with E-state index in [1.165, 1.54) is 6.33 Å². The highest BCUT2D eigenvalue weighted by molar-refractivity contribution is 5.72. The van der Waals surface area contributed by atoms with Crippen molar-refractivity contribution < 1.29 is 13.7 Å². The minimum Gasteiger partial charge on any atom is -0.217 e. The molecule has 0 fully saturated rings. The maximum atomic E-state index is 8.28. The lowest BCUT2D eigenvalue weighted by Crippen LogP contribution is -1.95. The van der Waals surface area contributed by atoms with Gasteiger partial charge < -0.3 is 0 Å². The van der Waals surface area contributed by atoms with Crippen molar-refractivity contribution in [3.8, 4) is 45.0 Å². The molecule has 0 saturated heterocycles. The zero-order chi connectivity index (χ0) is 28.9. The van der Waals surface area contributed by atoms with Gasteiger partial charge in [0.25, 0.3) is 0 Å². The number of benzene rings is 4. The van der Waals surface area contributed by atoms with Gasteiger partial charge in [0, 0.05) is 11.1 Å². The topological polar surface area (TPSA) is 38.7 Å². The minimum absolute atomic E-state index is 0.0634. The Morgan fingerprint density at radius 3 is 1.40 bits per heavy atom. The maximum absolute atomic E-state index is 8.28. The van der Waals surface area contributed by atoms with Crippen LogP contribution in [0.4, 0.5) is 0 Å². The van der Waals surface area contributed by atoms with Gasteiger partial charge in [-0.1, -0.05) is 96.8 Å². The second-order valence-electron chi connectivity index (χ2n) is 6.29. The lowest BCUT2D eigenvalue weighted by Gasteiger charge is -2.07. The fourth-order valence-electron chi connectivity index (χ4n) is 2.99. The summed E-state index contributed by atoms with van der Waals surface area (Å²) < 4.78 is 80.7. The zero-order valence-corrected chi connectivity index (χ0v) is 15.5. The highest BCUT2D eigenvalue weighted by atomic mass is 15.0. The summed E-state index contributed by atoms with van der Waals surface area (Å²) in [6.07, 6.45) is 1.31. The van der Waals surface area contributed by atoms with Crippen molar-refractivity contribution in [1.82, 2.24) is 15.0 Å². The molecule has 0 aliphatic carbocycles. The third-order valence-corrected chi connectivity index (χ3v) is 4.39. The molecule has 5 aromatic rings. The van der Waals surface area contributed by atoms with Crippen LogP contribution in [0, 0.1) is 0 Å². The number of hydrogen-bond acceptors (Lipinski definition) is 3. The second-order valence-corrected chi connectivity index (χ2v) is 6.29. The van der Waals surface area contributed by atoms with E-state index in [2.05, 4.69) is 15.0 Å². The lowest BCUT2D eigenvalue weighted by atomic mass is 10.0. The summed E-state index contributed by atoms with van der Waals surface area (Å²) in [4.78, 5) is 13.1. The van der Waals surface area contributed by atoms with E-state index in [9.17, 15) is 0 Å².